The Morgan fingerprint density at radius 2 is 2.07 bits per heavy atom. The minimum Gasteiger partial charge on any atom is -0.480 e. The van der Waals surface area contributed by atoms with Crippen LogP contribution < -0.4 is 4.74 Å². The van der Waals surface area contributed by atoms with Gasteiger partial charge in [-0.05, 0) is 18.2 Å². The van der Waals surface area contributed by atoms with E-state index in [4.69, 9.17) is 33.0 Å². The molecule has 0 bridgehead atoms. The molecule has 0 spiro atoms. The Bertz CT molecular complexity index is 330. The first kappa shape index (κ1) is 14.4. The van der Waals surface area contributed by atoms with Gasteiger partial charge in [0.2, 0.25) is 0 Å². The zero-order valence-corrected chi connectivity index (χ0v) is 11.0. The molecule has 0 aliphatic rings. The predicted octanol–water partition coefficient (Wildman–Crippen LogP) is 2.46. The summed E-state index contributed by atoms with van der Waals surface area (Å²) < 4.78 is 4.86. The molecular weight excluding hydrogens is 365 g/mol. The fourth-order valence-electron chi connectivity index (χ4n) is 0.732. The molecule has 0 saturated carbocycles. The van der Waals surface area contributed by atoms with Crippen molar-refractivity contribution in [3.8, 4) is 5.75 Å². The van der Waals surface area contributed by atoms with E-state index in [1.807, 2.05) is 0 Å². The molecule has 0 radical (unpaired) electrons. The second-order valence-electron chi connectivity index (χ2n) is 2.26. The number of hydrogen-bond acceptors (Lipinski definition) is 2. The van der Waals surface area contributed by atoms with Gasteiger partial charge < -0.3 is 9.84 Å². The molecule has 0 heterocycles. The Balaban J connectivity index is 0.00000169. The second-order valence-corrected chi connectivity index (χ2v) is 3.10. The number of carbonyl (C=O) groups is 1. The summed E-state index contributed by atoms with van der Waals surface area (Å²) in [5.41, 5.74) is 0. The summed E-state index contributed by atoms with van der Waals surface area (Å²) in [6.07, 6.45) is 0. The van der Waals surface area contributed by atoms with E-state index >= 15 is 0 Å². The van der Waals surface area contributed by atoms with Crippen LogP contribution in [0.25, 0.3) is 0 Å². The Morgan fingerprint density at radius 3 is 2.57 bits per heavy atom. The number of benzene rings is 1. The number of carboxylic acids is 1. The van der Waals surface area contributed by atoms with E-state index in [0.29, 0.717) is 15.8 Å². The summed E-state index contributed by atoms with van der Waals surface area (Å²) in [5.74, 6) is -0.737. The fourth-order valence-corrected chi connectivity index (χ4v) is 1.19. The Hall–Kier alpha value is 0.408. The van der Waals surface area contributed by atoms with Crippen LogP contribution in [0.15, 0.2) is 18.2 Å². The number of halogens is 2. The molecule has 0 aromatic heterocycles. The first-order valence-electron chi connectivity index (χ1n) is 3.39. The molecule has 1 rings (SSSR count). The number of ether oxygens (including phenoxy) is 1. The van der Waals surface area contributed by atoms with Crippen LogP contribution in [-0.4, -0.2) is 17.7 Å². The molecular formula is C8H6Cl2O3Sm. The maximum absolute atomic E-state index is 10.2. The van der Waals surface area contributed by atoms with E-state index in [0.717, 1.165) is 0 Å². The van der Waals surface area contributed by atoms with Gasteiger partial charge in [-0.1, -0.05) is 23.2 Å². The summed E-state index contributed by atoms with van der Waals surface area (Å²) in [6, 6.07) is 4.58. The Kier molecular flexibility index (Phi) is 7.01. The van der Waals surface area contributed by atoms with E-state index in [1.54, 1.807) is 6.07 Å². The van der Waals surface area contributed by atoms with Gasteiger partial charge in [-0.3, -0.25) is 0 Å². The average molecular weight is 371 g/mol. The first-order valence-corrected chi connectivity index (χ1v) is 4.15. The summed E-state index contributed by atoms with van der Waals surface area (Å²) >= 11 is 11.3. The van der Waals surface area contributed by atoms with E-state index in [1.165, 1.54) is 12.1 Å². The van der Waals surface area contributed by atoms with E-state index in [-0.39, 0.29) is 40.4 Å². The van der Waals surface area contributed by atoms with E-state index < -0.39 is 12.6 Å². The smallest absolute Gasteiger partial charge is 0.341 e. The van der Waals surface area contributed by atoms with Crippen molar-refractivity contribution in [1.29, 1.82) is 0 Å². The SMILES string of the molecule is O=C(O)COc1ccc(Cl)cc1Cl.[Sm]. The van der Waals surface area contributed by atoms with Gasteiger partial charge in [0.25, 0.3) is 0 Å². The molecule has 3 nitrogen and oxygen atoms in total. The van der Waals surface area contributed by atoms with Gasteiger partial charge >= 0.3 is 5.97 Å². The maximum atomic E-state index is 10.2. The number of hydrogen-bond donors (Lipinski definition) is 1. The monoisotopic (exact) mass is 372 g/mol. The number of aliphatic carboxylic acids is 1. The minimum atomic E-state index is -1.05. The first-order chi connectivity index (χ1) is 6.09. The average Bonchev–Trinajstić information content (AvgIpc) is 2.02. The quantitative estimate of drug-likeness (QED) is 0.888. The topological polar surface area (TPSA) is 46.5 Å². The zero-order chi connectivity index (χ0) is 9.84. The van der Waals surface area contributed by atoms with Crippen LogP contribution in [0.1, 0.15) is 0 Å². The van der Waals surface area contributed by atoms with E-state index in [2.05, 4.69) is 0 Å². The van der Waals surface area contributed by atoms with Crippen LogP contribution in [0.3, 0.4) is 0 Å². The number of rotatable bonds is 3. The third-order valence-electron chi connectivity index (χ3n) is 1.25. The van der Waals surface area contributed by atoms with Crippen molar-refractivity contribution in [3.05, 3.63) is 28.2 Å². The van der Waals surface area contributed by atoms with Crippen LogP contribution in [-0.2, 0) is 4.79 Å². The van der Waals surface area contributed by atoms with Crippen molar-refractivity contribution in [3.63, 3.8) is 0 Å². The van der Waals surface area contributed by atoms with Gasteiger partial charge in [-0.15, -0.1) is 0 Å². The molecule has 14 heavy (non-hydrogen) atoms. The molecule has 0 aliphatic heterocycles. The molecule has 1 N–H and O–H groups in total. The van der Waals surface area contributed by atoms with Crippen LogP contribution in [0.4, 0.5) is 0 Å². The zero-order valence-electron chi connectivity index (χ0n) is 6.87. The molecule has 0 amide bonds. The maximum Gasteiger partial charge on any atom is 0.341 e. The molecule has 1 aromatic rings. The second kappa shape index (κ2) is 6.81. The molecule has 0 aliphatic carbocycles. The van der Waals surface area contributed by atoms with Crippen LogP contribution in [0.5, 0.6) is 5.75 Å². The van der Waals surface area contributed by atoms with Crippen molar-refractivity contribution in [1.82, 2.24) is 0 Å². The van der Waals surface area contributed by atoms with Gasteiger partial charge in [0, 0.05) is 45.4 Å². The largest absolute Gasteiger partial charge is 0.480 e. The summed E-state index contributed by atoms with van der Waals surface area (Å²) in [5, 5.41) is 9.11. The Labute approximate surface area is 123 Å². The van der Waals surface area contributed by atoms with Gasteiger partial charge in [-0.25, -0.2) is 4.79 Å². The molecule has 0 saturated heterocycles. The molecule has 0 atom stereocenters. The summed E-state index contributed by atoms with van der Waals surface area (Å²) in [4.78, 5) is 10.2. The molecule has 0 fully saturated rings. The summed E-state index contributed by atoms with van der Waals surface area (Å²) in [6.45, 7) is -0.415. The Morgan fingerprint density at radius 1 is 1.43 bits per heavy atom. The van der Waals surface area contributed by atoms with Crippen molar-refractivity contribution in [2.45, 2.75) is 0 Å². The molecule has 76 valence electrons. The van der Waals surface area contributed by atoms with Crippen molar-refractivity contribution in [2.24, 2.45) is 0 Å². The van der Waals surface area contributed by atoms with Crippen LogP contribution >= 0.6 is 23.2 Å². The van der Waals surface area contributed by atoms with Crippen molar-refractivity contribution < 1.29 is 55.0 Å². The van der Waals surface area contributed by atoms with Crippen LogP contribution in [0, 0.1) is 40.4 Å². The van der Waals surface area contributed by atoms with Gasteiger partial charge in [0.1, 0.15) is 5.75 Å². The molecule has 6 heteroatoms. The standard InChI is InChI=1S/C8H6Cl2O3.Sm/c9-5-1-2-7(6(10)3-5)13-4-8(11)12;/h1-3H,4H2,(H,11,12);. The van der Waals surface area contributed by atoms with Gasteiger partial charge in [0.15, 0.2) is 6.61 Å². The van der Waals surface area contributed by atoms with Gasteiger partial charge in [0.05, 0.1) is 5.02 Å². The molecule has 0 unspecified atom stereocenters. The predicted molar refractivity (Wildman–Crippen MR) is 49.6 cm³/mol. The number of carboxylic acid groups (broad SMARTS) is 1. The van der Waals surface area contributed by atoms with Gasteiger partial charge in [-0.2, -0.15) is 0 Å². The fraction of sp³-hybridized carbons (Fsp3) is 0.125. The van der Waals surface area contributed by atoms with Crippen molar-refractivity contribution in [2.75, 3.05) is 6.61 Å². The normalized spacial score (nSPS) is 9.00. The third-order valence-corrected chi connectivity index (χ3v) is 1.78. The third kappa shape index (κ3) is 4.77. The summed E-state index contributed by atoms with van der Waals surface area (Å²) in [7, 11) is 0. The minimum absolute atomic E-state index is 0. The van der Waals surface area contributed by atoms with E-state index in [9.17, 15) is 4.79 Å². The van der Waals surface area contributed by atoms with Crippen LogP contribution in [0.2, 0.25) is 10.0 Å². The molecule has 1 aromatic carbocycles. The van der Waals surface area contributed by atoms with Crippen molar-refractivity contribution >= 4 is 29.2 Å².